The maximum atomic E-state index is 13.1. The van der Waals surface area contributed by atoms with Crippen LogP contribution in [0.25, 0.3) is 0 Å². The molecule has 0 aromatic heterocycles. The lowest BCUT2D eigenvalue weighted by molar-refractivity contribution is -0.146. The fourth-order valence-corrected chi connectivity index (χ4v) is 2.10. The summed E-state index contributed by atoms with van der Waals surface area (Å²) in [7, 11) is 0. The number of hydrogen-bond donors (Lipinski definition) is 1. The van der Waals surface area contributed by atoms with Gasteiger partial charge in [0.05, 0.1) is 23.3 Å². The third-order valence-electron chi connectivity index (χ3n) is 3.39. The molecule has 10 heteroatoms. The summed E-state index contributed by atoms with van der Waals surface area (Å²) in [6.07, 6.45) is -9.98. The van der Waals surface area contributed by atoms with Crippen molar-refractivity contribution in [1.29, 1.82) is 0 Å². The molecule has 1 rings (SSSR count). The molecule has 0 saturated heterocycles. The average molecular weight is 385 g/mol. The minimum atomic E-state index is -5.05. The highest BCUT2D eigenvalue weighted by atomic mass is 19.4. The van der Waals surface area contributed by atoms with Crippen molar-refractivity contribution in [1.82, 2.24) is 5.32 Å². The molecule has 0 heterocycles. The summed E-state index contributed by atoms with van der Waals surface area (Å²) in [6.45, 7) is 4.46. The first kappa shape index (κ1) is 21.8. The Morgan fingerprint density at radius 3 is 2.08 bits per heavy atom. The van der Waals surface area contributed by atoms with E-state index in [0.29, 0.717) is 0 Å². The largest absolute Gasteiger partial charge is 0.464 e. The fraction of sp³-hybridized carbons (Fsp3) is 0.500. The molecule has 1 unspecified atom stereocenters. The van der Waals surface area contributed by atoms with E-state index in [-0.39, 0.29) is 24.8 Å². The zero-order valence-corrected chi connectivity index (χ0v) is 14.1. The second-order valence-electron chi connectivity index (χ2n) is 5.70. The third-order valence-corrected chi connectivity index (χ3v) is 3.39. The van der Waals surface area contributed by atoms with Gasteiger partial charge in [0.15, 0.2) is 0 Å². The number of nitrogens with one attached hydrogen (secondary N) is 1. The normalized spacial score (nSPS) is 13.5. The molecular formula is C16H17F6NO3. The summed E-state index contributed by atoms with van der Waals surface area (Å²) in [5.41, 5.74) is -4.16. The predicted molar refractivity (Wildman–Crippen MR) is 79.2 cm³/mol. The maximum Gasteiger partial charge on any atom is 0.417 e. The topological polar surface area (TPSA) is 55.4 Å². The van der Waals surface area contributed by atoms with Crippen LogP contribution < -0.4 is 5.32 Å². The van der Waals surface area contributed by atoms with Gasteiger partial charge in [0.2, 0.25) is 0 Å². The van der Waals surface area contributed by atoms with Gasteiger partial charge in [-0.15, -0.1) is 0 Å². The summed E-state index contributed by atoms with van der Waals surface area (Å²) in [4.78, 5) is 24.0. The summed E-state index contributed by atoms with van der Waals surface area (Å²) in [6, 6.07) is -0.768. The summed E-state index contributed by atoms with van der Waals surface area (Å²) < 4.78 is 82.3. The first-order valence-corrected chi connectivity index (χ1v) is 7.55. The van der Waals surface area contributed by atoms with E-state index in [4.69, 9.17) is 4.74 Å². The van der Waals surface area contributed by atoms with Crippen molar-refractivity contribution < 1.29 is 40.7 Å². The molecule has 1 N–H and O–H groups in total. The van der Waals surface area contributed by atoms with Crippen molar-refractivity contribution in [3.8, 4) is 0 Å². The van der Waals surface area contributed by atoms with Crippen molar-refractivity contribution in [2.24, 2.45) is 5.92 Å². The molecule has 0 radical (unpaired) electrons. The van der Waals surface area contributed by atoms with Crippen LogP contribution in [0.1, 0.15) is 42.3 Å². The van der Waals surface area contributed by atoms with Crippen LogP contribution in [0.15, 0.2) is 18.2 Å². The number of carbonyl (C=O) groups is 2. The molecule has 1 aromatic rings. The second-order valence-corrected chi connectivity index (χ2v) is 5.70. The molecule has 26 heavy (non-hydrogen) atoms. The van der Waals surface area contributed by atoms with E-state index in [1.54, 1.807) is 0 Å². The van der Waals surface area contributed by atoms with Crippen LogP contribution in [0.3, 0.4) is 0 Å². The predicted octanol–water partition coefficient (Wildman–Crippen LogP) is 4.04. The summed E-state index contributed by atoms with van der Waals surface area (Å²) in [5.74, 6) is -2.90. The standard InChI is InChI=1S/C16H17F6NO3/c1-4-26-14(25)12(8(2)3)23-13(24)10-7-9(15(17,18)19)5-6-11(10)16(20,21)22/h5-8,12H,4H2,1-3H3,(H,23,24). The zero-order chi connectivity index (χ0) is 20.3. The Bertz CT molecular complexity index is 667. The molecule has 0 bridgehead atoms. The number of alkyl halides is 6. The molecule has 1 aromatic carbocycles. The number of amides is 1. The van der Waals surface area contributed by atoms with Crippen molar-refractivity contribution in [2.45, 2.75) is 39.2 Å². The molecule has 0 fully saturated rings. The lowest BCUT2D eigenvalue weighted by Crippen LogP contribution is -2.45. The van der Waals surface area contributed by atoms with Crippen molar-refractivity contribution >= 4 is 11.9 Å². The molecule has 1 amide bonds. The summed E-state index contributed by atoms with van der Waals surface area (Å²) in [5, 5.41) is 2.03. The van der Waals surface area contributed by atoms with Gasteiger partial charge >= 0.3 is 18.3 Å². The molecule has 0 spiro atoms. The third kappa shape index (κ3) is 5.37. The second kappa shape index (κ2) is 7.96. The van der Waals surface area contributed by atoms with Gasteiger partial charge in [-0.3, -0.25) is 4.79 Å². The van der Waals surface area contributed by atoms with E-state index in [9.17, 15) is 35.9 Å². The molecular weight excluding hydrogens is 368 g/mol. The maximum absolute atomic E-state index is 13.1. The average Bonchev–Trinajstić information content (AvgIpc) is 2.49. The van der Waals surface area contributed by atoms with Crippen LogP contribution in [-0.2, 0) is 21.9 Å². The Labute approximate surface area is 145 Å². The zero-order valence-electron chi connectivity index (χ0n) is 14.1. The molecule has 0 saturated carbocycles. The van der Waals surface area contributed by atoms with Gasteiger partial charge in [-0.1, -0.05) is 13.8 Å². The Kier molecular flexibility index (Phi) is 6.67. The number of ether oxygens (including phenoxy) is 1. The van der Waals surface area contributed by atoms with Gasteiger partial charge < -0.3 is 10.1 Å². The Morgan fingerprint density at radius 2 is 1.65 bits per heavy atom. The highest BCUT2D eigenvalue weighted by Crippen LogP contribution is 2.36. The minimum absolute atomic E-state index is 0.0325. The van der Waals surface area contributed by atoms with Crippen LogP contribution in [-0.4, -0.2) is 24.5 Å². The number of carbonyl (C=O) groups excluding carboxylic acids is 2. The Balaban J connectivity index is 3.33. The van der Waals surface area contributed by atoms with Gasteiger partial charge in [0.1, 0.15) is 6.04 Å². The van der Waals surface area contributed by atoms with Crippen molar-refractivity contribution in [3.05, 3.63) is 34.9 Å². The van der Waals surface area contributed by atoms with Gasteiger partial charge in [-0.05, 0) is 31.0 Å². The number of halogens is 6. The molecule has 0 aliphatic heterocycles. The van der Waals surface area contributed by atoms with Crippen LogP contribution in [0.4, 0.5) is 26.3 Å². The number of rotatable bonds is 5. The van der Waals surface area contributed by atoms with Crippen LogP contribution >= 0.6 is 0 Å². The minimum Gasteiger partial charge on any atom is -0.464 e. The lowest BCUT2D eigenvalue weighted by atomic mass is 10.00. The molecule has 4 nitrogen and oxygen atoms in total. The Morgan fingerprint density at radius 1 is 1.08 bits per heavy atom. The first-order chi connectivity index (χ1) is 11.8. The highest BCUT2D eigenvalue weighted by molar-refractivity contribution is 5.98. The van der Waals surface area contributed by atoms with E-state index < -0.39 is 52.9 Å². The van der Waals surface area contributed by atoms with Crippen molar-refractivity contribution in [3.63, 3.8) is 0 Å². The number of esters is 1. The van der Waals surface area contributed by atoms with Crippen LogP contribution in [0.5, 0.6) is 0 Å². The number of hydrogen-bond acceptors (Lipinski definition) is 3. The van der Waals surface area contributed by atoms with Crippen LogP contribution in [0, 0.1) is 5.92 Å². The molecule has 0 aliphatic rings. The highest BCUT2D eigenvalue weighted by Gasteiger charge is 2.39. The van der Waals surface area contributed by atoms with E-state index in [1.165, 1.54) is 20.8 Å². The summed E-state index contributed by atoms with van der Waals surface area (Å²) >= 11 is 0. The molecule has 0 aliphatic carbocycles. The molecule has 1 atom stereocenters. The monoisotopic (exact) mass is 385 g/mol. The number of benzene rings is 1. The smallest absolute Gasteiger partial charge is 0.417 e. The Hall–Kier alpha value is -2.26. The van der Waals surface area contributed by atoms with E-state index >= 15 is 0 Å². The van der Waals surface area contributed by atoms with E-state index in [2.05, 4.69) is 0 Å². The first-order valence-electron chi connectivity index (χ1n) is 7.55. The van der Waals surface area contributed by atoms with Crippen LogP contribution in [0.2, 0.25) is 0 Å². The van der Waals surface area contributed by atoms with Gasteiger partial charge in [0, 0.05) is 0 Å². The van der Waals surface area contributed by atoms with Gasteiger partial charge in [0.25, 0.3) is 5.91 Å². The quantitative estimate of drug-likeness (QED) is 0.615. The lowest BCUT2D eigenvalue weighted by Gasteiger charge is -2.22. The molecule has 146 valence electrons. The van der Waals surface area contributed by atoms with E-state index in [0.717, 1.165) is 0 Å². The van der Waals surface area contributed by atoms with Crippen molar-refractivity contribution in [2.75, 3.05) is 6.61 Å². The van der Waals surface area contributed by atoms with Gasteiger partial charge in [-0.2, -0.15) is 26.3 Å². The fourth-order valence-electron chi connectivity index (χ4n) is 2.10. The SMILES string of the molecule is CCOC(=O)C(NC(=O)c1cc(C(F)(F)F)ccc1C(F)(F)F)C(C)C. The van der Waals surface area contributed by atoms with E-state index in [1.807, 2.05) is 5.32 Å². The van der Waals surface area contributed by atoms with Gasteiger partial charge in [-0.25, -0.2) is 4.79 Å².